The number of hydrogen-bond acceptors (Lipinski definition) is 6. The number of non-ortho nitro benzene ring substituents is 1. The normalized spacial score (nSPS) is 23.7. The number of aliphatic hydroxyl groups excluding tert-OH is 1. The van der Waals surface area contributed by atoms with E-state index in [0.717, 1.165) is 0 Å². The van der Waals surface area contributed by atoms with Crippen molar-refractivity contribution < 1.29 is 24.3 Å². The van der Waals surface area contributed by atoms with E-state index in [9.17, 15) is 20.0 Å². The Labute approximate surface area is 150 Å². The number of nitro groups is 1. The average molecular weight is 360 g/mol. The molecule has 0 fully saturated rings. The molecular formula is C18H20N2O6. The monoisotopic (exact) mass is 360 g/mol. The van der Waals surface area contributed by atoms with Gasteiger partial charge in [-0.3, -0.25) is 14.9 Å². The molecular weight excluding hydrogens is 340 g/mol. The van der Waals surface area contributed by atoms with E-state index in [1.165, 1.54) is 29.2 Å². The van der Waals surface area contributed by atoms with E-state index in [2.05, 4.69) is 6.58 Å². The van der Waals surface area contributed by atoms with Crippen LogP contribution in [-0.4, -0.2) is 45.7 Å². The summed E-state index contributed by atoms with van der Waals surface area (Å²) in [4.78, 5) is 24.5. The van der Waals surface area contributed by atoms with Gasteiger partial charge in [-0.2, -0.15) is 0 Å². The van der Waals surface area contributed by atoms with E-state index in [1.54, 1.807) is 19.9 Å². The number of aliphatic hydroxyl groups is 1. The summed E-state index contributed by atoms with van der Waals surface area (Å²) in [5, 5.41) is 22.0. The maximum absolute atomic E-state index is 12.5. The summed E-state index contributed by atoms with van der Waals surface area (Å²) in [7, 11) is 0. The standard InChI is InChI=1S/C18H20N2O6/c1-4-7-25-12-9-15(21)19(10-12)16-13-8-11(20(23)24)5-6-14(13)26-18(2,3)17(16)22/h4-6,8-9,16-17,22H,1,7,10H2,2-3H3. The van der Waals surface area contributed by atoms with Crippen LogP contribution in [0.15, 0.2) is 42.7 Å². The maximum Gasteiger partial charge on any atom is 0.270 e. The lowest BCUT2D eigenvalue weighted by molar-refractivity contribution is -0.385. The molecule has 26 heavy (non-hydrogen) atoms. The molecule has 8 nitrogen and oxygen atoms in total. The molecule has 2 aliphatic rings. The van der Waals surface area contributed by atoms with E-state index in [4.69, 9.17) is 9.47 Å². The molecule has 2 heterocycles. The van der Waals surface area contributed by atoms with Crippen LogP contribution in [0.5, 0.6) is 5.75 Å². The van der Waals surface area contributed by atoms with Crippen molar-refractivity contribution in [3.8, 4) is 5.75 Å². The molecule has 0 bridgehead atoms. The van der Waals surface area contributed by atoms with Crippen molar-refractivity contribution in [1.82, 2.24) is 4.90 Å². The minimum atomic E-state index is -1.08. The molecule has 138 valence electrons. The fourth-order valence-electron chi connectivity index (χ4n) is 3.21. The number of ether oxygens (including phenoxy) is 2. The zero-order valence-electron chi connectivity index (χ0n) is 14.5. The summed E-state index contributed by atoms with van der Waals surface area (Å²) in [6.45, 7) is 7.40. The summed E-state index contributed by atoms with van der Waals surface area (Å²) in [5.74, 6) is 0.533. The van der Waals surface area contributed by atoms with Gasteiger partial charge in [-0.25, -0.2) is 0 Å². The van der Waals surface area contributed by atoms with Gasteiger partial charge in [0, 0.05) is 23.8 Å². The number of nitro benzene ring substituents is 1. The minimum Gasteiger partial charge on any atom is -0.492 e. The van der Waals surface area contributed by atoms with E-state index in [1.807, 2.05) is 0 Å². The first kappa shape index (κ1) is 17.9. The van der Waals surface area contributed by atoms with Crippen LogP contribution in [-0.2, 0) is 9.53 Å². The Morgan fingerprint density at radius 2 is 2.27 bits per heavy atom. The van der Waals surface area contributed by atoms with Gasteiger partial charge in [0.25, 0.3) is 11.6 Å². The Kier molecular flexibility index (Phi) is 4.45. The zero-order chi connectivity index (χ0) is 19.1. The molecule has 1 amide bonds. The lowest BCUT2D eigenvalue weighted by Gasteiger charge is -2.45. The predicted molar refractivity (Wildman–Crippen MR) is 92.5 cm³/mol. The molecule has 1 N–H and O–H groups in total. The molecule has 0 spiro atoms. The first-order valence-corrected chi connectivity index (χ1v) is 8.15. The van der Waals surface area contributed by atoms with Gasteiger partial charge < -0.3 is 19.5 Å². The second kappa shape index (κ2) is 6.45. The SMILES string of the molecule is C=CCOC1=CC(=O)N(C2c3cc([N+](=O)[O-])ccc3OC(C)(C)C2O)C1. The summed E-state index contributed by atoms with van der Waals surface area (Å²) < 4.78 is 11.3. The van der Waals surface area contributed by atoms with Crippen molar-refractivity contribution >= 4 is 11.6 Å². The third kappa shape index (κ3) is 3.03. The predicted octanol–water partition coefficient (Wildman–Crippen LogP) is 2.10. The lowest BCUT2D eigenvalue weighted by atomic mass is 9.85. The van der Waals surface area contributed by atoms with Gasteiger partial charge in [-0.15, -0.1) is 0 Å². The highest BCUT2D eigenvalue weighted by molar-refractivity contribution is 5.91. The quantitative estimate of drug-likeness (QED) is 0.490. The van der Waals surface area contributed by atoms with Gasteiger partial charge in [-0.1, -0.05) is 12.7 Å². The van der Waals surface area contributed by atoms with Crippen LogP contribution in [0, 0.1) is 10.1 Å². The number of hydrogen-bond donors (Lipinski definition) is 1. The molecule has 2 aliphatic heterocycles. The third-order valence-corrected chi connectivity index (χ3v) is 4.52. The first-order valence-electron chi connectivity index (χ1n) is 8.15. The van der Waals surface area contributed by atoms with Gasteiger partial charge in [-0.05, 0) is 19.9 Å². The first-order chi connectivity index (χ1) is 12.2. The molecule has 0 radical (unpaired) electrons. The summed E-state index contributed by atoms with van der Waals surface area (Å²) in [6, 6.07) is 3.39. The van der Waals surface area contributed by atoms with E-state index in [0.29, 0.717) is 17.1 Å². The fourth-order valence-corrected chi connectivity index (χ4v) is 3.21. The van der Waals surface area contributed by atoms with Crippen molar-refractivity contribution in [2.24, 2.45) is 0 Å². The van der Waals surface area contributed by atoms with E-state index >= 15 is 0 Å². The molecule has 1 aromatic carbocycles. The molecule has 2 atom stereocenters. The second-order valence-electron chi connectivity index (χ2n) is 6.75. The van der Waals surface area contributed by atoms with Crippen molar-refractivity contribution in [3.63, 3.8) is 0 Å². The summed E-state index contributed by atoms with van der Waals surface area (Å²) >= 11 is 0. The van der Waals surface area contributed by atoms with Crippen LogP contribution in [0.1, 0.15) is 25.5 Å². The third-order valence-electron chi connectivity index (χ3n) is 4.52. The van der Waals surface area contributed by atoms with Crippen LogP contribution in [0.4, 0.5) is 5.69 Å². The van der Waals surface area contributed by atoms with Crippen LogP contribution >= 0.6 is 0 Å². The van der Waals surface area contributed by atoms with Crippen LogP contribution in [0.25, 0.3) is 0 Å². The van der Waals surface area contributed by atoms with Crippen LogP contribution in [0.2, 0.25) is 0 Å². The molecule has 8 heteroatoms. The maximum atomic E-state index is 12.5. The Balaban J connectivity index is 2.00. The van der Waals surface area contributed by atoms with E-state index in [-0.39, 0.29) is 24.7 Å². The molecule has 0 saturated carbocycles. The Morgan fingerprint density at radius 1 is 1.54 bits per heavy atom. The van der Waals surface area contributed by atoms with Gasteiger partial charge in [0.2, 0.25) is 0 Å². The van der Waals surface area contributed by atoms with Crippen LogP contribution in [0.3, 0.4) is 0 Å². The van der Waals surface area contributed by atoms with Gasteiger partial charge in [0.1, 0.15) is 29.8 Å². The van der Waals surface area contributed by atoms with Gasteiger partial charge in [0.15, 0.2) is 0 Å². The number of fused-ring (bicyclic) bond motifs is 1. The zero-order valence-corrected chi connectivity index (χ0v) is 14.5. The highest BCUT2D eigenvalue weighted by Gasteiger charge is 2.48. The summed E-state index contributed by atoms with van der Waals surface area (Å²) in [5.41, 5.74) is -0.705. The highest BCUT2D eigenvalue weighted by Crippen LogP contribution is 2.45. The minimum absolute atomic E-state index is 0.132. The number of carbonyl (C=O) groups is 1. The molecule has 2 unspecified atom stereocenters. The number of benzene rings is 1. The molecule has 1 aromatic rings. The van der Waals surface area contributed by atoms with Gasteiger partial charge >= 0.3 is 0 Å². The number of amides is 1. The number of nitrogens with zero attached hydrogens (tertiary/aromatic N) is 2. The topological polar surface area (TPSA) is 102 Å². The van der Waals surface area contributed by atoms with Crippen molar-refractivity contribution in [2.75, 3.05) is 13.2 Å². The number of carbonyl (C=O) groups excluding carboxylic acids is 1. The lowest BCUT2D eigenvalue weighted by Crippen LogP contribution is -2.54. The summed E-state index contributed by atoms with van der Waals surface area (Å²) in [6.07, 6.45) is 1.85. The van der Waals surface area contributed by atoms with Crippen LogP contribution < -0.4 is 4.74 Å². The molecule has 0 aromatic heterocycles. The average Bonchev–Trinajstić information content (AvgIpc) is 2.94. The molecule has 3 rings (SSSR count). The Bertz CT molecular complexity index is 801. The fraction of sp³-hybridized carbons (Fsp3) is 0.389. The van der Waals surface area contributed by atoms with Crippen molar-refractivity contribution in [1.29, 1.82) is 0 Å². The van der Waals surface area contributed by atoms with E-state index < -0.39 is 22.7 Å². The smallest absolute Gasteiger partial charge is 0.270 e. The van der Waals surface area contributed by atoms with Crippen molar-refractivity contribution in [2.45, 2.75) is 31.6 Å². The number of rotatable bonds is 5. The molecule has 0 aliphatic carbocycles. The van der Waals surface area contributed by atoms with Gasteiger partial charge in [0.05, 0.1) is 17.5 Å². The Hall–Kier alpha value is -2.87. The second-order valence-corrected chi connectivity index (χ2v) is 6.75. The highest BCUT2D eigenvalue weighted by atomic mass is 16.6. The Morgan fingerprint density at radius 3 is 2.92 bits per heavy atom. The van der Waals surface area contributed by atoms with Crippen molar-refractivity contribution in [3.05, 3.63) is 58.4 Å². The molecule has 0 saturated heterocycles. The largest absolute Gasteiger partial charge is 0.492 e.